The molecule has 1 aliphatic rings. The molecular weight excluding hydrogens is 468 g/mol. The Labute approximate surface area is 210 Å². The van der Waals surface area contributed by atoms with Crippen LogP contribution in [0.5, 0.6) is 17.2 Å². The predicted molar refractivity (Wildman–Crippen MR) is 137 cm³/mol. The van der Waals surface area contributed by atoms with E-state index in [1.54, 1.807) is 44.7 Å². The number of piperazine rings is 1. The Morgan fingerprint density at radius 1 is 0.943 bits per heavy atom. The Morgan fingerprint density at radius 3 is 2.23 bits per heavy atom. The summed E-state index contributed by atoms with van der Waals surface area (Å²) >= 11 is 5.85. The lowest BCUT2D eigenvalue weighted by Crippen LogP contribution is -2.46. The van der Waals surface area contributed by atoms with Crippen LogP contribution in [-0.4, -0.2) is 62.8 Å². The molecule has 9 heteroatoms. The number of amides is 1. The van der Waals surface area contributed by atoms with Crippen molar-refractivity contribution in [1.82, 2.24) is 9.88 Å². The van der Waals surface area contributed by atoms with E-state index in [9.17, 15) is 4.79 Å². The Morgan fingerprint density at radius 2 is 1.63 bits per heavy atom. The van der Waals surface area contributed by atoms with E-state index in [2.05, 4.69) is 20.1 Å². The molecule has 8 nitrogen and oxygen atoms in total. The van der Waals surface area contributed by atoms with Crippen molar-refractivity contribution in [2.24, 2.45) is 0 Å². The van der Waals surface area contributed by atoms with Crippen LogP contribution >= 0.6 is 11.6 Å². The van der Waals surface area contributed by atoms with Crippen LogP contribution in [0.2, 0.25) is 5.02 Å². The third-order valence-electron chi connectivity index (χ3n) is 5.73. The number of nitrogens with one attached hydrogen (secondary N) is 1. The molecule has 1 amide bonds. The molecule has 4 rings (SSSR count). The molecule has 1 saturated heterocycles. The maximum absolute atomic E-state index is 12.2. The van der Waals surface area contributed by atoms with Gasteiger partial charge >= 0.3 is 0 Å². The van der Waals surface area contributed by atoms with Crippen LogP contribution in [0, 0.1) is 0 Å². The molecule has 1 N–H and O–H groups in total. The minimum absolute atomic E-state index is 0.0928. The Balaban J connectivity index is 1.24. The van der Waals surface area contributed by atoms with Gasteiger partial charge in [-0.2, -0.15) is 0 Å². The first-order valence-electron chi connectivity index (χ1n) is 11.4. The average molecular weight is 497 g/mol. The standard InChI is InChI=1S/C26H29ClN4O4/c1-33-23-13-19(14-24(15-23)34-2)17-30-9-11-31(12-10-30)25-8-5-21(16-28-25)29-26(32)18-35-22-6-3-20(27)4-7-22/h3-8,13-16H,9-12,17-18H2,1-2H3,(H,29,32). The molecule has 184 valence electrons. The maximum atomic E-state index is 12.2. The van der Waals surface area contributed by atoms with Crippen LogP contribution in [0.3, 0.4) is 0 Å². The second-order valence-electron chi connectivity index (χ2n) is 8.18. The number of pyridine rings is 1. The molecule has 0 saturated carbocycles. The van der Waals surface area contributed by atoms with Gasteiger partial charge < -0.3 is 24.4 Å². The second-order valence-corrected chi connectivity index (χ2v) is 8.62. The van der Waals surface area contributed by atoms with Gasteiger partial charge in [-0.25, -0.2) is 4.98 Å². The summed E-state index contributed by atoms with van der Waals surface area (Å²) in [7, 11) is 3.33. The number of rotatable bonds is 9. The third kappa shape index (κ3) is 7.00. The Kier molecular flexibility index (Phi) is 8.28. The number of anilines is 2. The largest absolute Gasteiger partial charge is 0.497 e. The minimum Gasteiger partial charge on any atom is -0.497 e. The summed E-state index contributed by atoms with van der Waals surface area (Å²) in [5.41, 5.74) is 1.79. The Bertz CT molecular complexity index is 1090. The van der Waals surface area contributed by atoms with Crippen molar-refractivity contribution in [3.8, 4) is 17.2 Å². The van der Waals surface area contributed by atoms with E-state index in [0.29, 0.717) is 16.5 Å². The summed E-state index contributed by atoms with van der Waals surface area (Å²) in [5, 5.41) is 3.42. The van der Waals surface area contributed by atoms with Crippen LogP contribution < -0.4 is 24.4 Å². The van der Waals surface area contributed by atoms with Gasteiger partial charge in [-0.1, -0.05) is 11.6 Å². The van der Waals surface area contributed by atoms with Gasteiger partial charge in [0, 0.05) is 43.8 Å². The molecule has 2 heterocycles. The molecule has 0 radical (unpaired) electrons. The first kappa shape index (κ1) is 24.6. The third-order valence-corrected chi connectivity index (χ3v) is 5.98. The maximum Gasteiger partial charge on any atom is 0.262 e. The van der Waals surface area contributed by atoms with Gasteiger partial charge in [0.1, 0.15) is 23.1 Å². The quantitative estimate of drug-likeness (QED) is 0.478. The monoisotopic (exact) mass is 496 g/mol. The fourth-order valence-corrected chi connectivity index (χ4v) is 4.00. The Hall–Kier alpha value is -3.49. The molecule has 0 atom stereocenters. The number of methoxy groups -OCH3 is 2. The van der Waals surface area contributed by atoms with Crippen LogP contribution in [0.4, 0.5) is 11.5 Å². The molecule has 0 unspecified atom stereocenters. The number of halogens is 1. The molecule has 1 fully saturated rings. The average Bonchev–Trinajstić information content (AvgIpc) is 2.89. The van der Waals surface area contributed by atoms with Gasteiger partial charge in [-0.3, -0.25) is 9.69 Å². The lowest BCUT2D eigenvalue weighted by molar-refractivity contribution is -0.118. The highest BCUT2D eigenvalue weighted by molar-refractivity contribution is 6.30. The number of aromatic nitrogens is 1. The molecule has 0 spiro atoms. The van der Waals surface area contributed by atoms with Crippen molar-refractivity contribution >= 4 is 29.0 Å². The topological polar surface area (TPSA) is 76.2 Å². The number of carbonyl (C=O) groups is 1. The zero-order valence-electron chi connectivity index (χ0n) is 19.9. The molecule has 35 heavy (non-hydrogen) atoms. The highest BCUT2D eigenvalue weighted by Gasteiger charge is 2.19. The van der Waals surface area contributed by atoms with Gasteiger partial charge in [-0.05, 0) is 54.1 Å². The minimum atomic E-state index is -0.253. The number of hydrogen-bond acceptors (Lipinski definition) is 7. The van der Waals surface area contributed by atoms with Crippen LogP contribution in [0.25, 0.3) is 0 Å². The lowest BCUT2D eigenvalue weighted by Gasteiger charge is -2.35. The van der Waals surface area contributed by atoms with Crippen molar-refractivity contribution in [1.29, 1.82) is 0 Å². The molecule has 0 bridgehead atoms. The molecule has 3 aromatic rings. The first-order chi connectivity index (χ1) is 17.0. The van der Waals surface area contributed by atoms with Gasteiger partial charge in [0.2, 0.25) is 0 Å². The highest BCUT2D eigenvalue weighted by Crippen LogP contribution is 2.24. The summed E-state index contributed by atoms with van der Waals surface area (Å²) in [4.78, 5) is 21.4. The van der Waals surface area contributed by atoms with Crippen LogP contribution in [0.1, 0.15) is 5.56 Å². The molecule has 2 aromatic carbocycles. The van der Waals surface area contributed by atoms with Gasteiger partial charge in [-0.15, -0.1) is 0 Å². The van der Waals surface area contributed by atoms with Gasteiger partial charge in [0.15, 0.2) is 6.61 Å². The van der Waals surface area contributed by atoms with E-state index in [1.165, 1.54) is 0 Å². The first-order valence-corrected chi connectivity index (χ1v) is 11.7. The lowest BCUT2D eigenvalue weighted by atomic mass is 10.1. The zero-order chi connectivity index (χ0) is 24.6. The van der Waals surface area contributed by atoms with Crippen LogP contribution in [0.15, 0.2) is 60.8 Å². The SMILES string of the molecule is COc1cc(CN2CCN(c3ccc(NC(=O)COc4ccc(Cl)cc4)cn3)CC2)cc(OC)c1. The summed E-state index contributed by atoms with van der Waals surface area (Å²) in [6.45, 7) is 4.31. The molecule has 1 aromatic heterocycles. The van der Waals surface area contributed by atoms with E-state index in [1.807, 2.05) is 30.3 Å². The number of hydrogen-bond donors (Lipinski definition) is 1. The number of carbonyl (C=O) groups excluding carboxylic acids is 1. The fraction of sp³-hybridized carbons (Fsp3) is 0.308. The van der Waals surface area contributed by atoms with E-state index in [4.69, 9.17) is 25.8 Å². The fourth-order valence-electron chi connectivity index (χ4n) is 3.87. The molecule has 1 aliphatic heterocycles. The van der Waals surface area contributed by atoms with E-state index >= 15 is 0 Å². The van der Waals surface area contributed by atoms with E-state index in [0.717, 1.165) is 55.6 Å². The van der Waals surface area contributed by atoms with Crippen molar-refractivity contribution < 1.29 is 19.0 Å². The van der Waals surface area contributed by atoms with Crippen molar-refractivity contribution in [2.45, 2.75) is 6.54 Å². The normalized spacial score (nSPS) is 13.9. The van der Waals surface area contributed by atoms with Crippen molar-refractivity contribution in [3.05, 3.63) is 71.4 Å². The smallest absolute Gasteiger partial charge is 0.262 e. The van der Waals surface area contributed by atoms with Crippen LogP contribution in [-0.2, 0) is 11.3 Å². The number of ether oxygens (including phenoxy) is 3. The number of benzene rings is 2. The van der Waals surface area contributed by atoms with Crippen molar-refractivity contribution in [2.75, 3.05) is 57.2 Å². The van der Waals surface area contributed by atoms with Crippen molar-refractivity contribution in [3.63, 3.8) is 0 Å². The second kappa shape index (κ2) is 11.8. The summed E-state index contributed by atoms with van der Waals surface area (Å²) < 4.78 is 16.2. The molecular formula is C26H29ClN4O4. The summed E-state index contributed by atoms with van der Waals surface area (Å²) in [6.07, 6.45) is 1.67. The van der Waals surface area contributed by atoms with Gasteiger partial charge in [0.25, 0.3) is 5.91 Å². The van der Waals surface area contributed by atoms with E-state index < -0.39 is 0 Å². The molecule has 0 aliphatic carbocycles. The summed E-state index contributed by atoms with van der Waals surface area (Å²) in [6, 6.07) is 16.6. The highest BCUT2D eigenvalue weighted by atomic mass is 35.5. The predicted octanol–water partition coefficient (Wildman–Crippen LogP) is 4.09. The van der Waals surface area contributed by atoms with Gasteiger partial charge in [0.05, 0.1) is 26.1 Å². The van der Waals surface area contributed by atoms with E-state index in [-0.39, 0.29) is 12.5 Å². The zero-order valence-corrected chi connectivity index (χ0v) is 20.6. The summed E-state index contributed by atoms with van der Waals surface area (Å²) in [5.74, 6) is 2.82. The number of nitrogens with zero attached hydrogens (tertiary/aromatic N) is 3.